The maximum Gasteiger partial charge on any atom is 0.243 e. The van der Waals surface area contributed by atoms with Gasteiger partial charge in [0, 0.05) is 17.4 Å². The van der Waals surface area contributed by atoms with Crippen molar-refractivity contribution in [3.63, 3.8) is 0 Å². The van der Waals surface area contributed by atoms with Crippen molar-refractivity contribution >= 4 is 27.3 Å². The molecule has 0 saturated heterocycles. The van der Waals surface area contributed by atoms with E-state index in [4.69, 9.17) is 5.14 Å². The van der Waals surface area contributed by atoms with Gasteiger partial charge in [-0.3, -0.25) is 4.79 Å². The van der Waals surface area contributed by atoms with Crippen LogP contribution in [0.3, 0.4) is 0 Å². The molecule has 0 radical (unpaired) electrons. The molecular formula is C18H21N3O3S. The van der Waals surface area contributed by atoms with Crippen molar-refractivity contribution < 1.29 is 13.2 Å². The van der Waals surface area contributed by atoms with Crippen molar-refractivity contribution in [2.24, 2.45) is 5.14 Å². The summed E-state index contributed by atoms with van der Waals surface area (Å²) in [7, 11) is -3.82. The number of nitrogens with one attached hydrogen (secondary N) is 1. The number of amides is 1. The van der Waals surface area contributed by atoms with Crippen LogP contribution in [-0.4, -0.2) is 26.9 Å². The molecule has 0 aliphatic carbocycles. The van der Waals surface area contributed by atoms with E-state index in [0.717, 1.165) is 12.1 Å². The summed E-state index contributed by atoms with van der Waals surface area (Å²) >= 11 is 0. The number of anilines is 2. The van der Waals surface area contributed by atoms with E-state index in [9.17, 15) is 13.2 Å². The van der Waals surface area contributed by atoms with Crippen LogP contribution in [0.25, 0.3) is 0 Å². The predicted molar refractivity (Wildman–Crippen MR) is 98.1 cm³/mol. The Hall–Kier alpha value is -2.38. The van der Waals surface area contributed by atoms with E-state index in [-0.39, 0.29) is 23.4 Å². The maximum absolute atomic E-state index is 12.4. The van der Waals surface area contributed by atoms with Crippen molar-refractivity contribution in [1.29, 1.82) is 0 Å². The lowest BCUT2D eigenvalue weighted by Crippen LogP contribution is -2.37. The molecule has 2 aromatic rings. The first-order chi connectivity index (χ1) is 11.8. The van der Waals surface area contributed by atoms with E-state index in [1.807, 2.05) is 18.2 Å². The number of carbonyl (C=O) groups excluding carboxylic acids is 1. The van der Waals surface area contributed by atoms with Crippen LogP contribution < -0.4 is 15.4 Å². The molecule has 1 amide bonds. The summed E-state index contributed by atoms with van der Waals surface area (Å²) in [6.45, 7) is 3.95. The quantitative estimate of drug-likeness (QED) is 0.874. The Morgan fingerprint density at radius 3 is 2.72 bits per heavy atom. The van der Waals surface area contributed by atoms with Crippen LogP contribution in [0.2, 0.25) is 0 Å². The van der Waals surface area contributed by atoms with Gasteiger partial charge in [0.2, 0.25) is 15.9 Å². The van der Waals surface area contributed by atoms with Gasteiger partial charge in [-0.15, -0.1) is 0 Å². The van der Waals surface area contributed by atoms with Crippen LogP contribution in [0, 0.1) is 6.92 Å². The number of nitrogens with zero attached hydrogens (tertiary/aromatic N) is 1. The fourth-order valence-corrected chi connectivity index (χ4v) is 4.02. The number of benzene rings is 2. The van der Waals surface area contributed by atoms with E-state index >= 15 is 0 Å². The van der Waals surface area contributed by atoms with Crippen LogP contribution in [0.15, 0.2) is 47.4 Å². The Kier molecular flexibility index (Phi) is 4.53. The molecule has 1 atom stereocenters. The Balaban J connectivity index is 1.76. The Morgan fingerprint density at radius 2 is 2.00 bits per heavy atom. The summed E-state index contributed by atoms with van der Waals surface area (Å²) in [5.74, 6) is -0.201. The fraction of sp³-hybridized carbons (Fsp3) is 0.278. The van der Waals surface area contributed by atoms with Gasteiger partial charge in [-0.1, -0.05) is 24.3 Å². The van der Waals surface area contributed by atoms with Crippen LogP contribution in [-0.2, 0) is 21.2 Å². The number of rotatable bonds is 4. The normalized spacial score (nSPS) is 16.6. The Morgan fingerprint density at radius 1 is 1.28 bits per heavy atom. The molecule has 3 N–H and O–H groups in total. The van der Waals surface area contributed by atoms with Crippen molar-refractivity contribution in [2.45, 2.75) is 31.2 Å². The smallest absolute Gasteiger partial charge is 0.243 e. The number of nitrogens with two attached hydrogens (primary N) is 1. The van der Waals surface area contributed by atoms with Gasteiger partial charge < -0.3 is 10.2 Å². The van der Waals surface area contributed by atoms with Gasteiger partial charge >= 0.3 is 0 Å². The summed E-state index contributed by atoms with van der Waals surface area (Å²) in [4.78, 5) is 14.5. The van der Waals surface area contributed by atoms with Gasteiger partial charge in [-0.05, 0) is 49.6 Å². The minimum absolute atomic E-state index is 0.0187. The molecule has 1 unspecified atom stereocenters. The molecule has 1 aliphatic heterocycles. The summed E-state index contributed by atoms with van der Waals surface area (Å²) in [5, 5.41) is 7.97. The zero-order valence-corrected chi connectivity index (χ0v) is 15.0. The summed E-state index contributed by atoms with van der Waals surface area (Å²) in [5.41, 5.74) is 3.26. The molecule has 0 aromatic heterocycles. The largest absolute Gasteiger partial charge is 0.359 e. The standard InChI is InChI=1S/C18H21N3O3S/c1-12-7-8-15(10-17(12)25(19,23)24)20-18(22)11-21-13(2)9-14-5-3-4-6-16(14)21/h3-8,10,13H,9,11H2,1-2H3,(H,20,22)(H2,19,23,24). The highest BCUT2D eigenvalue weighted by atomic mass is 32.2. The number of hydrogen-bond acceptors (Lipinski definition) is 4. The first-order valence-electron chi connectivity index (χ1n) is 8.03. The minimum Gasteiger partial charge on any atom is -0.359 e. The molecule has 0 fully saturated rings. The SMILES string of the molecule is Cc1ccc(NC(=O)CN2c3ccccc3CC2C)cc1S(N)(=O)=O. The van der Waals surface area contributed by atoms with Crippen molar-refractivity contribution in [3.8, 4) is 0 Å². The highest BCUT2D eigenvalue weighted by molar-refractivity contribution is 7.89. The van der Waals surface area contributed by atoms with Gasteiger partial charge in [0.15, 0.2) is 0 Å². The molecule has 1 aliphatic rings. The van der Waals surface area contributed by atoms with Crippen molar-refractivity contribution in [3.05, 3.63) is 53.6 Å². The van der Waals surface area contributed by atoms with Gasteiger partial charge in [-0.25, -0.2) is 13.6 Å². The predicted octanol–water partition coefficient (Wildman–Crippen LogP) is 2.03. The zero-order valence-electron chi connectivity index (χ0n) is 14.2. The second-order valence-corrected chi connectivity index (χ2v) is 7.91. The van der Waals surface area contributed by atoms with E-state index in [1.165, 1.54) is 11.6 Å². The molecule has 0 saturated carbocycles. The van der Waals surface area contributed by atoms with Gasteiger partial charge in [0.05, 0.1) is 11.4 Å². The number of hydrogen-bond donors (Lipinski definition) is 2. The molecule has 2 aromatic carbocycles. The topological polar surface area (TPSA) is 92.5 Å². The maximum atomic E-state index is 12.4. The number of carbonyl (C=O) groups is 1. The molecule has 6 nitrogen and oxygen atoms in total. The Labute approximate surface area is 147 Å². The second kappa shape index (κ2) is 6.50. The highest BCUT2D eigenvalue weighted by Gasteiger charge is 2.27. The first-order valence-corrected chi connectivity index (χ1v) is 9.58. The highest BCUT2D eigenvalue weighted by Crippen LogP contribution is 2.31. The number of primary sulfonamides is 1. The zero-order chi connectivity index (χ0) is 18.2. The second-order valence-electron chi connectivity index (χ2n) is 6.38. The summed E-state index contributed by atoms with van der Waals surface area (Å²) in [6, 6.07) is 13.0. The number of aryl methyl sites for hydroxylation is 1. The average Bonchev–Trinajstić information content (AvgIpc) is 2.84. The number of para-hydroxylation sites is 1. The first kappa shape index (κ1) is 17.4. The molecular weight excluding hydrogens is 338 g/mol. The van der Waals surface area contributed by atoms with Crippen LogP contribution >= 0.6 is 0 Å². The fourth-order valence-electron chi connectivity index (χ4n) is 3.21. The molecule has 3 rings (SSSR count). The van der Waals surface area contributed by atoms with E-state index in [1.54, 1.807) is 19.1 Å². The van der Waals surface area contributed by atoms with Crippen molar-refractivity contribution in [1.82, 2.24) is 0 Å². The molecule has 7 heteroatoms. The summed E-state index contributed by atoms with van der Waals surface area (Å²) < 4.78 is 23.2. The van der Waals surface area contributed by atoms with E-state index in [0.29, 0.717) is 11.3 Å². The molecule has 0 spiro atoms. The van der Waals surface area contributed by atoms with Gasteiger partial charge in [0.1, 0.15) is 0 Å². The van der Waals surface area contributed by atoms with Gasteiger partial charge in [-0.2, -0.15) is 0 Å². The number of sulfonamides is 1. The van der Waals surface area contributed by atoms with Crippen LogP contribution in [0.5, 0.6) is 0 Å². The van der Waals surface area contributed by atoms with E-state index in [2.05, 4.69) is 23.2 Å². The monoisotopic (exact) mass is 359 g/mol. The number of fused-ring (bicyclic) bond motifs is 1. The minimum atomic E-state index is -3.82. The lowest BCUT2D eigenvalue weighted by molar-refractivity contribution is -0.115. The average molecular weight is 359 g/mol. The Bertz CT molecular complexity index is 925. The lowest BCUT2D eigenvalue weighted by atomic mass is 10.1. The molecule has 25 heavy (non-hydrogen) atoms. The summed E-state index contributed by atoms with van der Waals surface area (Å²) in [6.07, 6.45) is 0.906. The lowest BCUT2D eigenvalue weighted by Gasteiger charge is -2.24. The van der Waals surface area contributed by atoms with Crippen LogP contribution in [0.1, 0.15) is 18.1 Å². The third kappa shape index (κ3) is 3.67. The third-order valence-electron chi connectivity index (χ3n) is 4.44. The molecule has 0 bridgehead atoms. The molecule has 1 heterocycles. The molecule has 132 valence electrons. The van der Waals surface area contributed by atoms with Gasteiger partial charge in [0.25, 0.3) is 0 Å². The van der Waals surface area contributed by atoms with E-state index < -0.39 is 10.0 Å². The van der Waals surface area contributed by atoms with Crippen molar-refractivity contribution in [2.75, 3.05) is 16.8 Å². The third-order valence-corrected chi connectivity index (χ3v) is 5.49. The van der Waals surface area contributed by atoms with Crippen LogP contribution in [0.4, 0.5) is 11.4 Å².